The molecule has 0 bridgehead atoms. The Bertz CT molecular complexity index is 949. The van der Waals surface area contributed by atoms with E-state index in [1.807, 2.05) is 6.92 Å². The molecular formula is C14H21N4O9PS. The molecule has 162 valence electrons. The fourth-order valence-corrected chi connectivity index (χ4v) is 4.54. The van der Waals surface area contributed by atoms with E-state index in [2.05, 4.69) is 19.5 Å². The topological polar surface area (TPSA) is 189 Å². The summed E-state index contributed by atoms with van der Waals surface area (Å²) < 4.78 is 27.9. The molecule has 3 heterocycles. The fraction of sp³-hybridized carbons (Fsp3) is 0.643. The molecule has 0 aromatic carbocycles. The van der Waals surface area contributed by atoms with E-state index in [0.717, 1.165) is 18.1 Å². The zero-order chi connectivity index (χ0) is 21.2. The molecule has 2 aromatic rings. The molecule has 13 nitrogen and oxygen atoms in total. The van der Waals surface area contributed by atoms with Gasteiger partial charge in [-0.2, -0.15) is 0 Å². The van der Waals surface area contributed by atoms with Gasteiger partial charge < -0.3 is 34.5 Å². The van der Waals surface area contributed by atoms with Crippen LogP contribution in [0.25, 0.3) is 11.2 Å². The van der Waals surface area contributed by atoms with Crippen molar-refractivity contribution in [3.05, 3.63) is 23.0 Å². The Morgan fingerprint density at radius 1 is 1.41 bits per heavy atom. The molecule has 1 aliphatic heterocycles. The average Bonchev–Trinajstić information content (AvgIpc) is 3.20. The highest BCUT2D eigenvalue weighted by atomic mass is 32.2. The first kappa shape index (κ1) is 22.3. The van der Waals surface area contributed by atoms with Crippen LogP contribution in [0.15, 0.2) is 17.4 Å². The molecule has 29 heavy (non-hydrogen) atoms. The molecule has 3 rings (SSSR count). The number of aliphatic hydroxyl groups excluding tert-OH is 2. The maximum Gasteiger partial charge on any atom is 0.469 e. The van der Waals surface area contributed by atoms with E-state index in [0.29, 0.717) is 19.0 Å². The smallest absolute Gasteiger partial charge is 0.387 e. The molecule has 5 N–H and O–H groups in total. The summed E-state index contributed by atoms with van der Waals surface area (Å²) in [5.74, 6) is 0.326. The molecule has 15 heteroatoms. The molecular weight excluding hydrogens is 431 g/mol. The van der Waals surface area contributed by atoms with Crippen molar-refractivity contribution < 1.29 is 38.6 Å². The molecule has 0 unspecified atom stereocenters. The van der Waals surface area contributed by atoms with Crippen molar-refractivity contribution in [2.45, 2.75) is 30.3 Å². The molecule has 0 radical (unpaired) electrons. The monoisotopic (exact) mass is 452 g/mol. The van der Waals surface area contributed by atoms with E-state index >= 15 is 0 Å². The van der Waals surface area contributed by atoms with Gasteiger partial charge >= 0.3 is 7.82 Å². The Kier molecular flexibility index (Phi) is 6.77. The highest BCUT2D eigenvalue weighted by molar-refractivity contribution is 7.99. The van der Waals surface area contributed by atoms with Gasteiger partial charge in [0.25, 0.3) is 5.56 Å². The lowest BCUT2D eigenvalue weighted by Crippen LogP contribution is -2.43. The number of ether oxygens (including phenoxy) is 2. The first-order chi connectivity index (χ1) is 13.7. The van der Waals surface area contributed by atoms with Crippen LogP contribution in [0.3, 0.4) is 0 Å². The minimum atomic E-state index is -4.82. The van der Waals surface area contributed by atoms with Crippen molar-refractivity contribution in [1.82, 2.24) is 19.5 Å². The first-order valence-electron chi connectivity index (χ1n) is 8.56. The Hall–Kier alpha value is -1.35. The zero-order valence-electron chi connectivity index (χ0n) is 15.2. The lowest BCUT2D eigenvalue weighted by Gasteiger charge is -2.32. The summed E-state index contributed by atoms with van der Waals surface area (Å²) in [5, 5.41) is 19.6. The second kappa shape index (κ2) is 8.79. The quantitative estimate of drug-likeness (QED) is 0.224. The molecule has 4 atom stereocenters. The Morgan fingerprint density at radius 2 is 2.17 bits per heavy atom. The van der Waals surface area contributed by atoms with Crippen LogP contribution in [-0.2, 0) is 23.6 Å². The molecule has 0 saturated carbocycles. The van der Waals surface area contributed by atoms with Crippen LogP contribution >= 0.6 is 19.6 Å². The largest absolute Gasteiger partial charge is 0.469 e. The van der Waals surface area contributed by atoms with Gasteiger partial charge in [-0.1, -0.05) is 11.8 Å². The minimum Gasteiger partial charge on any atom is -0.387 e. The number of phosphoric ester groups is 1. The van der Waals surface area contributed by atoms with Crippen molar-refractivity contribution in [2.24, 2.45) is 0 Å². The first-order valence-corrected chi connectivity index (χ1v) is 11.1. The Balaban J connectivity index is 1.98. The van der Waals surface area contributed by atoms with Crippen molar-refractivity contribution >= 4 is 30.7 Å². The van der Waals surface area contributed by atoms with Gasteiger partial charge in [-0.05, 0) is 6.92 Å². The van der Waals surface area contributed by atoms with Gasteiger partial charge in [-0.15, -0.1) is 0 Å². The van der Waals surface area contributed by atoms with Crippen molar-refractivity contribution in [1.29, 1.82) is 0 Å². The van der Waals surface area contributed by atoms with Gasteiger partial charge in [0.1, 0.15) is 24.6 Å². The number of phosphoric acid groups is 1. The fourth-order valence-electron chi connectivity index (χ4n) is 2.93. The van der Waals surface area contributed by atoms with E-state index in [9.17, 15) is 19.6 Å². The highest BCUT2D eigenvalue weighted by Crippen LogP contribution is 2.47. The molecule has 1 saturated heterocycles. The van der Waals surface area contributed by atoms with Gasteiger partial charge in [0, 0.05) is 12.4 Å². The third kappa shape index (κ3) is 4.55. The number of aromatic amines is 1. The average molecular weight is 452 g/mol. The molecule has 2 aromatic heterocycles. The van der Waals surface area contributed by atoms with Crippen LogP contribution in [0.5, 0.6) is 0 Å². The van der Waals surface area contributed by atoms with Crippen LogP contribution in [0.2, 0.25) is 0 Å². The van der Waals surface area contributed by atoms with Crippen molar-refractivity contribution in [2.75, 3.05) is 25.6 Å². The summed E-state index contributed by atoms with van der Waals surface area (Å²) in [5.41, 5.74) is -0.407. The van der Waals surface area contributed by atoms with Crippen molar-refractivity contribution in [3.63, 3.8) is 0 Å². The Labute approximate surface area is 168 Å². The van der Waals surface area contributed by atoms with E-state index < -0.39 is 43.4 Å². The Morgan fingerprint density at radius 3 is 2.86 bits per heavy atom. The summed E-state index contributed by atoms with van der Waals surface area (Å²) in [7, 11) is -4.82. The van der Waals surface area contributed by atoms with Gasteiger partial charge in [0.15, 0.2) is 11.2 Å². The predicted molar refractivity (Wildman–Crippen MR) is 100.0 cm³/mol. The second-order valence-corrected chi connectivity index (χ2v) is 8.59. The van der Waals surface area contributed by atoms with Crippen LogP contribution in [0.4, 0.5) is 0 Å². The lowest BCUT2D eigenvalue weighted by atomic mass is 10.1. The van der Waals surface area contributed by atoms with Crippen molar-refractivity contribution in [3.8, 4) is 0 Å². The third-order valence-electron chi connectivity index (χ3n) is 4.22. The molecule has 1 fully saturated rings. The van der Waals surface area contributed by atoms with Crippen LogP contribution in [-0.4, -0.2) is 83.4 Å². The van der Waals surface area contributed by atoms with E-state index in [4.69, 9.17) is 19.3 Å². The number of nitrogens with one attached hydrogen (secondary N) is 1. The van der Waals surface area contributed by atoms with Crippen LogP contribution in [0.1, 0.15) is 6.92 Å². The van der Waals surface area contributed by atoms with Crippen LogP contribution in [0, 0.1) is 0 Å². The summed E-state index contributed by atoms with van der Waals surface area (Å²) in [6, 6.07) is 0. The molecule has 1 aliphatic rings. The van der Waals surface area contributed by atoms with Gasteiger partial charge in [-0.25, -0.2) is 14.5 Å². The maximum atomic E-state index is 12.0. The van der Waals surface area contributed by atoms with Gasteiger partial charge in [0.05, 0.1) is 19.5 Å². The number of hydrogen-bond acceptors (Lipinski definition) is 10. The highest BCUT2D eigenvalue weighted by Gasteiger charge is 2.57. The molecule has 0 aliphatic carbocycles. The van der Waals surface area contributed by atoms with E-state index in [1.54, 1.807) is 0 Å². The number of aromatic nitrogens is 4. The number of aliphatic hydroxyl groups is 2. The number of fused-ring (bicyclic) bond motifs is 1. The molecule has 0 spiro atoms. The predicted octanol–water partition coefficient (Wildman–Crippen LogP) is -1.27. The standard InChI is InChI=1S/C14H21N4O9PS/c1-2-25-3-4-29-14(18-7-17-9-12(18)15-6-16-13(9)21)11(20)10(19)8(27-14)5-26-28(22,23)24/h6-8,10-11,19-20H,2-5H2,1H3,(H,15,16,21)(H2,22,23,24)/t8-,10-,11-,14+/m1/s1. The summed E-state index contributed by atoms with van der Waals surface area (Å²) in [6.45, 7) is 1.93. The number of imidazole rings is 1. The minimum absolute atomic E-state index is 0.00232. The van der Waals surface area contributed by atoms with E-state index in [1.165, 1.54) is 10.9 Å². The van der Waals surface area contributed by atoms with E-state index in [-0.39, 0.29) is 11.2 Å². The zero-order valence-corrected chi connectivity index (χ0v) is 17.0. The van der Waals surface area contributed by atoms with Crippen LogP contribution < -0.4 is 5.56 Å². The number of H-pyrrole nitrogens is 1. The number of rotatable bonds is 9. The summed E-state index contributed by atoms with van der Waals surface area (Å²) in [6.07, 6.45) is -1.97. The van der Waals surface area contributed by atoms with Gasteiger partial charge in [-0.3, -0.25) is 13.9 Å². The third-order valence-corrected chi connectivity index (χ3v) is 6.03. The lowest BCUT2D eigenvalue weighted by molar-refractivity contribution is -0.0769. The summed E-state index contributed by atoms with van der Waals surface area (Å²) >= 11 is 1.06. The maximum absolute atomic E-state index is 12.0. The number of nitrogens with zero attached hydrogens (tertiary/aromatic N) is 3. The summed E-state index contributed by atoms with van der Waals surface area (Å²) in [4.78, 5) is 40.3. The normalized spacial score (nSPS) is 27.7. The number of thioether (sulfide) groups is 1. The SMILES string of the molecule is CCOCCS[C@@]1(n2cnc3c(=O)[nH]cnc32)O[C@H](COP(=O)(O)O)[C@@H](O)[C@H]1O. The number of hydrogen-bond donors (Lipinski definition) is 5. The van der Waals surface area contributed by atoms with Gasteiger partial charge in [0.2, 0.25) is 5.06 Å². The molecule has 0 amide bonds. The second-order valence-electron chi connectivity index (χ2n) is 6.07.